The number of rotatable bonds is 6. The van der Waals surface area contributed by atoms with Gasteiger partial charge < -0.3 is 14.5 Å². The number of amides is 1. The predicted octanol–water partition coefficient (Wildman–Crippen LogP) is 4.10. The van der Waals surface area contributed by atoms with Crippen LogP contribution in [0, 0.1) is 6.92 Å². The van der Waals surface area contributed by atoms with Gasteiger partial charge in [-0.05, 0) is 36.2 Å². The molecule has 0 fully saturated rings. The second-order valence-electron chi connectivity index (χ2n) is 5.49. The summed E-state index contributed by atoms with van der Waals surface area (Å²) in [7, 11) is 0. The molecule has 0 aliphatic carbocycles. The smallest absolute Gasteiger partial charge is 0.287 e. The van der Waals surface area contributed by atoms with Crippen LogP contribution in [0.3, 0.4) is 0 Å². The Morgan fingerprint density at radius 1 is 1.00 bits per heavy atom. The summed E-state index contributed by atoms with van der Waals surface area (Å²) in [6.07, 6.45) is 1.51. The number of nitrogens with one attached hydrogen (secondary N) is 1. The molecule has 1 N–H and O–H groups in total. The number of benzene rings is 2. The number of carbonyl (C=O) groups is 1. The van der Waals surface area contributed by atoms with E-state index in [4.69, 9.17) is 9.15 Å². The first-order chi connectivity index (χ1) is 11.7. The molecule has 122 valence electrons. The number of para-hydroxylation sites is 1. The molecule has 2 aromatic carbocycles. The van der Waals surface area contributed by atoms with Gasteiger partial charge in [-0.25, -0.2) is 0 Å². The minimum Gasteiger partial charge on any atom is -0.489 e. The normalized spacial score (nSPS) is 10.4. The first kappa shape index (κ1) is 15.9. The molecule has 1 aromatic heterocycles. The molecule has 0 unspecified atom stereocenters. The van der Waals surface area contributed by atoms with E-state index in [1.165, 1.54) is 6.26 Å². The van der Waals surface area contributed by atoms with Gasteiger partial charge in [-0.1, -0.05) is 42.5 Å². The molecule has 4 nitrogen and oxygen atoms in total. The Morgan fingerprint density at radius 2 is 1.75 bits per heavy atom. The topological polar surface area (TPSA) is 51.5 Å². The Balaban J connectivity index is 1.62. The van der Waals surface area contributed by atoms with E-state index in [-0.39, 0.29) is 12.5 Å². The molecule has 4 heteroatoms. The maximum Gasteiger partial charge on any atom is 0.287 e. The van der Waals surface area contributed by atoms with Crippen molar-refractivity contribution >= 4 is 5.91 Å². The second kappa shape index (κ2) is 7.51. The third-order valence-electron chi connectivity index (χ3n) is 3.79. The Bertz CT molecular complexity index is 809. The van der Waals surface area contributed by atoms with Crippen LogP contribution in [0.25, 0.3) is 0 Å². The van der Waals surface area contributed by atoms with Crippen molar-refractivity contribution in [3.63, 3.8) is 0 Å². The number of carbonyl (C=O) groups excluding carboxylic acids is 1. The summed E-state index contributed by atoms with van der Waals surface area (Å²) in [6.45, 7) is 2.77. The highest BCUT2D eigenvalue weighted by Crippen LogP contribution is 2.16. The lowest BCUT2D eigenvalue weighted by Crippen LogP contribution is -2.24. The monoisotopic (exact) mass is 321 g/mol. The lowest BCUT2D eigenvalue weighted by Gasteiger charge is -2.08. The summed E-state index contributed by atoms with van der Waals surface area (Å²) in [6, 6.07) is 19.2. The van der Waals surface area contributed by atoms with Crippen LogP contribution in [0.4, 0.5) is 0 Å². The molecule has 0 aliphatic rings. The van der Waals surface area contributed by atoms with Crippen LogP contribution in [-0.2, 0) is 13.2 Å². The summed E-state index contributed by atoms with van der Waals surface area (Å²) in [5.41, 5.74) is 2.95. The van der Waals surface area contributed by atoms with Crippen LogP contribution < -0.4 is 10.1 Å². The fourth-order valence-electron chi connectivity index (χ4n) is 2.39. The van der Waals surface area contributed by atoms with Gasteiger partial charge in [-0.2, -0.15) is 0 Å². The zero-order chi connectivity index (χ0) is 16.8. The maximum absolute atomic E-state index is 12.4. The SMILES string of the molecule is Cc1ccccc1CNC(=O)c1occc1COc1ccccc1. The van der Waals surface area contributed by atoms with Crippen molar-refractivity contribution in [1.29, 1.82) is 0 Å². The highest BCUT2D eigenvalue weighted by Gasteiger charge is 2.16. The Labute approximate surface area is 141 Å². The fourth-order valence-corrected chi connectivity index (χ4v) is 2.39. The van der Waals surface area contributed by atoms with Crippen molar-refractivity contribution in [2.45, 2.75) is 20.1 Å². The largest absolute Gasteiger partial charge is 0.489 e. The van der Waals surface area contributed by atoms with Crippen LogP contribution in [0.5, 0.6) is 5.75 Å². The number of aryl methyl sites for hydroxylation is 1. The van der Waals surface area contributed by atoms with Gasteiger partial charge in [-0.15, -0.1) is 0 Å². The Hall–Kier alpha value is -3.01. The van der Waals surface area contributed by atoms with Crippen molar-refractivity contribution in [1.82, 2.24) is 5.32 Å². The fraction of sp³-hybridized carbons (Fsp3) is 0.150. The first-order valence-corrected chi connectivity index (χ1v) is 7.81. The van der Waals surface area contributed by atoms with E-state index in [9.17, 15) is 4.79 Å². The second-order valence-corrected chi connectivity index (χ2v) is 5.49. The molecule has 0 radical (unpaired) electrons. The zero-order valence-electron chi connectivity index (χ0n) is 13.5. The van der Waals surface area contributed by atoms with E-state index in [0.29, 0.717) is 12.3 Å². The summed E-state index contributed by atoms with van der Waals surface area (Å²) in [4.78, 5) is 12.4. The van der Waals surface area contributed by atoms with E-state index < -0.39 is 0 Å². The summed E-state index contributed by atoms with van der Waals surface area (Å²) in [5, 5.41) is 2.89. The number of hydrogen-bond donors (Lipinski definition) is 1. The Kier molecular flexibility index (Phi) is 4.96. The third kappa shape index (κ3) is 3.84. The molecule has 0 saturated carbocycles. The van der Waals surface area contributed by atoms with Gasteiger partial charge in [0.25, 0.3) is 5.91 Å². The maximum atomic E-state index is 12.4. The molecule has 1 heterocycles. The highest BCUT2D eigenvalue weighted by molar-refractivity contribution is 5.92. The lowest BCUT2D eigenvalue weighted by molar-refractivity contribution is 0.0919. The molecular formula is C20H19NO3. The molecule has 0 atom stereocenters. The van der Waals surface area contributed by atoms with Gasteiger partial charge in [0.2, 0.25) is 0 Å². The van der Waals surface area contributed by atoms with Crippen molar-refractivity contribution in [2.24, 2.45) is 0 Å². The van der Waals surface area contributed by atoms with E-state index in [0.717, 1.165) is 22.4 Å². The number of hydrogen-bond acceptors (Lipinski definition) is 3. The molecule has 3 aromatic rings. The van der Waals surface area contributed by atoms with Gasteiger partial charge in [0.05, 0.1) is 6.26 Å². The highest BCUT2D eigenvalue weighted by atomic mass is 16.5. The number of ether oxygens (including phenoxy) is 1. The Morgan fingerprint density at radius 3 is 2.54 bits per heavy atom. The van der Waals surface area contributed by atoms with Crippen LogP contribution in [-0.4, -0.2) is 5.91 Å². The first-order valence-electron chi connectivity index (χ1n) is 7.81. The van der Waals surface area contributed by atoms with E-state index in [1.807, 2.05) is 61.5 Å². The van der Waals surface area contributed by atoms with E-state index in [1.54, 1.807) is 6.07 Å². The van der Waals surface area contributed by atoms with E-state index in [2.05, 4.69) is 5.32 Å². The van der Waals surface area contributed by atoms with Crippen molar-refractivity contribution in [3.8, 4) is 5.75 Å². The molecule has 0 aliphatic heterocycles. The van der Waals surface area contributed by atoms with Crippen molar-refractivity contribution in [2.75, 3.05) is 0 Å². The van der Waals surface area contributed by atoms with Crippen LogP contribution in [0.1, 0.15) is 27.2 Å². The quantitative estimate of drug-likeness (QED) is 0.744. The van der Waals surface area contributed by atoms with Gasteiger partial charge >= 0.3 is 0 Å². The molecule has 3 rings (SSSR count). The van der Waals surface area contributed by atoms with Crippen LogP contribution in [0.15, 0.2) is 71.3 Å². The van der Waals surface area contributed by atoms with Crippen LogP contribution >= 0.6 is 0 Å². The average Bonchev–Trinajstić information content (AvgIpc) is 3.08. The predicted molar refractivity (Wildman–Crippen MR) is 91.8 cm³/mol. The minimum absolute atomic E-state index is 0.241. The molecule has 0 saturated heterocycles. The van der Waals surface area contributed by atoms with Gasteiger partial charge in [0, 0.05) is 12.1 Å². The minimum atomic E-state index is -0.241. The summed E-state index contributed by atoms with van der Waals surface area (Å²) >= 11 is 0. The lowest BCUT2D eigenvalue weighted by atomic mass is 10.1. The van der Waals surface area contributed by atoms with Crippen LogP contribution in [0.2, 0.25) is 0 Å². The van der Waals surface area contributed by atoms with Crippen molar-refractivity contribution < 1.29 is 13.9 Å². The van der Waals surface area contributed by atoms with E-state index >= 15 is 0 Å². The standard InChI is InChI=1S/C20H19NO3/c1-15-7-5-6-8-16(15)13-21-20(22)19-17(11-12-23-19)14-24-18-9-3-2-4-10-18/h2-12H,13-14H2,1H3,(H,21,22). The summed E-state index contributed by atoms with van der Waals surface area (Å²) < 4.78 is 11.0. The molecule has 1 amide bonds. The molecule has 24 heavy (non-hydrogen) atoms. The molecule has 0 bridgehead atoms. The van der Waals surface area contributed by atoms with Gasteiger partial charge in [-0.3, -0.25) is 4.79 Å². The molecular weight excluding hydrogens is 302 g/mol. The zero-order valence-corrected chi connectivity index (χ0v) is 13.5. The van der Waals surface area contributed by atoms with Gasteiger partial charge in [0.1, 0.15) is 12.4 Å². The number of furan rings is 1. The average molecular weight is 321 g/mol. The summed E-state index contributed by atoms with van der Waals surface area (Å²) in [5.74, 6) is 0.805. The molecule has 0 spiro atoms. The third-order valence-corrected chi connectivity index (χ3v) is 3.79. The van der Waals surface area contributed by atoms with Gasteiger partial charge in [0.15, 0.2) is 5.76 Å². The van der Waals surface area contributed by atoms with Crippen molar-refractivity contribution in [3.05, 3.63) is 89.4 Å².